The first-order chi connectivity index (χ1) is 8.83. The summed E-state index contributed by atoms with van der Waals surface area (Å²) in [6.45, 7) is 1.41. The van der Waals surface area contributed by atoms with E-state index in [1.807, 2.05) is 0 Å². The largest absolute Gasteiger partial charge is 0.462 e. The van der Waals surface area contributed by atoms with E-state index >= 15 is 0 Å². The maximum Gasteiger partial charge on any atom is 0.390 e. The number of carbonyl (C=O) groups excluding carboxylic acids is 1. The minimum Gasteiger partial charge on any atom is -0.462 e. The van der Waals surface area contributed by atoms with Gasteiger partial charge in [-0.3, -0.25) is 0 Å². The van der Waals surface area contributed by atoms with Crippen LogP contribution in [0, 0.1) is 0 Å². The molecular formula is C11H12ClF3N2O2. The van der Waals surface area contributed by atoms with Crippen LogP contribution < -0.4 is 5.32 Å². The van der Waals surface area contributed by atoms with Gasteiger partial charge < -0.3 is 10.1 Å². The summed E-state index contributed by atoms with van der Waals surface area (Å²) in [5.41, 5.74) is 0.219. The number of esters is 1. The predicted molar refractivity (Wildman–Crippen MR) is 64.4 cm³/mol. The molecule has 1 rings (SSSR count). The molecule has 0 atom stereocenters. The number of hydrogen-bond donors (Lipinski definition) is 1. The second kappa shape index (κ2) is 6.60. The summed E-state index contributed by atoms with van der Waals surface area (Å²) in [6, 6.07) is 1.28. The van der Waals surface area contributed by atoms with Crippen molar-refractivity contribution in [2.45, 2.75) is 19.5 Å². The molecule has 0 amide bonds. The van der Waals surface area contributed by atoms with E-state index in [4.69, 9.17) is 16.3 Å². The van der Waals surface area contributed by atoms with Crippen LogP contribution in [-0.4, -0.2) is 30.3 Å². The number of hydrogen-bond acceptors (Lipinski definition) is 4. The Kier molecular flexibility index (Phi) is 5.41. The van der Waals surface area contributed by atoms with E-state index in [9.17, 15) is 18.0 Å². The molecule has 0 aliphatic heterocycles. The van der Waals surface area contributed by atoms with Crippen molar-refractivity contribution in [3.05, 3.63) is 23.0 Å². The summed E-state index contributed by atoms with van der Waals surface area (Å²) < 4.78 is 40.9. The van der Waals surface area contributed by atoms with Gasteiger partial charge in [0.15, 0.2) is 0 Å². The third-order valence-electron chi connectivity index (χ3n) is 2.09. The first kappa shape index (κ1) is 15.6. The molecule has 0 fully saturated rings. The zero-order valence-corrected chi connectivity index (χ0v) is 10.8. The number of carbonyl (C=O) groups is 1. The molecule has 1 aromatic rings. The highest BCUT2D eigenvalue weighted by Gasteiger charge is 2.26. The third-order valence-corrected chi connectivity index (χ3v) is 2.30. The lowest BCUT2D eigenvalue weighted by atomic mass is 10.2. The second-order valence-corrected chi connectivity index (χ2v) is 3.95. The van der Waals surface area contributed by atoms with Crippen LogP contribution in [0.15, 0.2) is 12.3 Å². The molecule has 0 aromatic carbocycles. The van der Waals surface area contributed by atoms with Crippen molar-refractivity contribution in [1.29, 1.82) is 0 Å². The molecule has 19 heavy (non-hydrogen) atoms. The van der Waals surface area contributed by atoms with E-state index in [0.717, 1.165) is 6.20 Å². The maximum atomic E-state index is 12.0. The number of halogens is 4. The average Bonchev–Trinajstić information content (AvgIpc) is 2.27. The van der Waals surface area contributed by atoms with Gasteiger partial charge in [0.05, 0.1) is 18.7 Å². The number of aromatic nitrogens is 1. The Balaban J connectivity index is 2.80. The summed E-state index contributed by atoms with van der Waals surface area (Å²) in [5, 5.41) is 2.58. The molecular weight excluding hydrogens is 285 g/mol. The maximum absolute atomic E-state index is 12.0. The molecule has 1 N–H and O–H groups in total. The van der Waals surface area contributed by atoms with Gasteiger partial charge in [-0.15, -0.1) is 0 Å². The monoisotopic (exact) mass is 296 g/mol. The highest BCUT2D eigenvalue weighted by Crippen LogP contribution is 2.22. The van der Waals surface area contributed by atoms with Crippen LogP contribution in [0.5, 0.6) is 0 Å². The molecule has 0 saturated carbocycles. The zero-order valence-electron chi connectivity index (χ0n) is 10.1. The highest BCUT2D eigenvalue weighted by molar-refractivity contribution is 6.29. The van der Waals surface area contributed by atoms with E-state index in [-0.39, 0.29) is 29.6 Å². The molecule has 4 nitrogen and oxygen atoms in total. The zero-order chi connectivity index (χ0) is 14.5. The fourth-order valence-electron chi connectivity index (χ4n) is 1.29. The summed E-state index contributed by atoms with van der Waals surface area (Å²) in [5.74, 6) is -0.666. The Morgan fingerprint density at radius 1 is 1.53 bits per heavy atom. The van der Waals surface area contributed by atoms with Crippen molar-refractivity contribution >= 4 is 23.3 Å². The topological polar surface area (TPSA) is 51.2 Å². The van der Waals surface area contributed by atoms with Crippen LogP contribution in [0.25, 0.3) is 0 Å². The molecule has 0 bridgehead atoms. The summed E-state index contributed by atoms with van der Waals surface area (Å²) >= 11 is 5.64. The first-order valence-corrected chi connectivity index (χ1v) is 5.84. The van der Waals surface area contributed by atoms with Gasteiger partial charge in [0.1, 0.15) is 10.7 Å². The smallest absolute Gasteiger partial charge is 0.390 e. The molecule has 0 aliphatic carbocycles. The van der Waals surface area contributed by atoms with E-state index < -0.39 is 18.6 Å². The van der Waals surface area contributed by atoms with Crippen molar-refractivity contribution < 1.29 is 22.7 Å². The molecule has 0 unspecified atom stereocenters. The van der Waals surface area contributed by atoms with Crippen molar-refractivity contribution in [2.24, 2.45) is 0 Å². The quantitative estimate of drug-likeness (QED) is 0.669. The van der Waals surface area contributed by atoms with Gasteiger partial charge in [0, 0.05) is 12.7 Å². The number of alkyl halides is 3. The molecule has 0 aliphatic rings. The van der Waals surface area contributed by atoms with Crippen LogP contribution in [-0.2, 0) is 4.74 Å². The highest BCUT2D eigenvalue weighted by atomic mass is 35.5. The van der Waals surface area contributed by atoms with E-state index in [2.05, 4.69) is 10.3 Å². The summed E-state index contributed by atoms with van der Waals surface area (Å²) in [4.78, 5) is 15.3. The standard InChI is InChI=1S/C11H12ClF3N2O2/c1-2-19-10(18)7-6-17-9(12)5-8(7)16-4-3-11(13,14)15/h5-6H,2-4H2,1H3,(H,16,17). The first-order valence-electron chi connectivity index (χ1n) is 5.46. The SMILES string of the molecule is CCOC(=O)c1cnc(Cl)cc1NCCC(F)(F)F. The van der Waals surface area contributed by atoms with Gasteiger partial charge in [-0.1, -0.05) is 11.6 Å². The lowest BCUT2D eigenvalue weighted by molar-refractivity contribution is -0.131. The Bertz CT molecular complexity index is 452. The third kappa shape index (κ3) is 5.34. The molecule has 1 aromatic heterocycles. The second-order valence-electron chi connectivity index (χ2n) is 3.57. The predicted octanol–water partition coefficient (Wildman–Crippen LogP) is 3.28. The van der Waals surface area contributed by atoms with Crippen LogP contribution in [0.4, 0.5) is 18.9 Å². The van der Waals surface area contributed by atoms with Crippen molar-refractivity contribution in [2.75, 3.05) is 18.5 Å². The molecule has 0 saturated heterocycles. The lowest BCUT2D eigenvalue weighted by Crippen LogP contribution is -2.16. The van der Waals surface area contributed by atoms with Gasteiger partial charge in [-0.2, -0.15) is 13.2 Å². The Hall–Kier alpha value is -1.50. The summed E-state index contributed by atoms with van der Waals surface area (Å²) in [7, 11) is 0. The number of nitrogens with one attached hydrogen (secondary N) is 1. The fourth-order valence-corrected chi connectivity index (χ4v) is 1.44. The van der Waals surface area contributed by atoms with E-state index in [1.54, 1.807) is 6.92 Å². The van der Waals surface area contributed by atoms with Gasteiger partial charge >= 0.3 is 12.1 Å². The van der Waals surface area contributed by atoms with Crippen molar-refractivity contribution in [1.82, 2.24) is 4.98 Å². The number of ether oxygens (including phenoxy) is 1. The fraction of sp³-hybridized carbons (Fsp3) is 0.455. The molecule has 106 valence electrons. The van der Waals surface area contributed by atoms with Gasteiger partial charge in [0.25, 0.3) is 0 Å². The lowest BCUT2D eigenvalue weighted by Gasteiger charge is -2.12. The Labute approximate surface area is 112 Å². The average molecular weight is 297 g/mol. The minimum atomic E-state index is -4.27. The summed E-state index contributed by atoms with van der Waals surface area (Å²) in [6.07, 6.45) is -4.13. The Morgan fingerprint density at radius 3 is 2.79 bits per heavy atom. The molecule has 8 heteroatoms. The van der Waals surface area contributed by atoms with Crippen LogP contribution in [0.3, 0.4) is 0 Å². The minimum absolute atomic E-state index is 0.0495. The van der Waals surface area contributed by atoms with Crippen molar-refractivity contribution in [3.63, 3.8) is 0 Å². The number of pyridine rings is 1. The molecule has 0 spiro atoms. The molecule has 1 heterocycles. The normalized spacial score (nSPS) is 11.2. The van der Waals surface area contributed by atoms with Crippen molar-refractivity contribution in [3.8, 4) is 0 Å². The van der Waals surface area contributed by atoms with Crippen LogP contribution in [0.2, 0.25) is 5.15 Å². The van der Waals surface area contributed by atoms with Gasteiger partial charge in [0.2, 0.25) is 0 Å². The van der Waals surface area contributed by atoms with Gasteiger partial charge in [-0.05, 0) is 13.0 Å². The number of nitrogens with zero attached hydrogens (tertiary/aromatic N) is 1. The van der Waals surface area contributed by atoms with E-state index in [1.165, 1.54) is 6.07 Å². The van der Waals surface area contributed by atoms with Crippen LogP contribution >= 0.6 is 11.6 Å². The number of anilines is 1. The Morgan fingerprint density at radius 2 is 2.21 bits per heavy atom. The van der Waals surface area contributed by atoms with E-state index in [0.29, 0.717) is 0 Å². The van der Waals surface area contributed by atoms with Gasteiger partial charge in [-0.25, -0.2) is 9.78 Å². The number of rotatable bonds is 5. The van der Waals surface area contributed by atoms with Crippen LogP contribution in [0.1, 0.15) is 23.7 Å². The molecule has 0 radical (unpaired) electrons.